The summed E-state index contributed by atoms with van der Waals surface area (Å²) in [6, 6.07) is 7.33. The minimum Gasteiger partial charge on any atom is -0.435 e. The molecule has 2 aromatic rings. The van der Waals surface area contributed by atoms with Gasteiger partial charge in [0.1, 0.15) is 23.9 Å². The van der Waals surface area contributed by atoms with E-state index in [2.05, 4.69) is 10.1 Å². The van der Waals surface area contributed by atoms with Crippen molar-refractivity contribution in [1.82, 2.24) is 14.5 Å². The van der Waals surface area contributed by atoms with Crippen LogP contribution in [0.5, 0.6) is 5.75 Å². The molecule has 10 heteroatoms. The summed E-state index contributed by atoms with van der Waals surface area (Å²) >= 11 is 0. The van der Waals surface area contributed by atoms with Crippen LogP contribution in [0.3, 0.4) is 0 Å². The maximum Gasteiger partial charge on any atom is 0.387 e. The van der Waals surface area contributed by atoms with Crippen molar-refractivity contribution in [3.8, 4) is 11.8 Å². The molecule has 0 saturated heterocycles. The number of ether oxygens (including phenoxy) is 1. The van der Waals surface area contributed by atoms with E-state index in [-0.39, 0.29) is 24.4 Å². The Balaban J connectivity index is 2.07. The SMILES string of the molecule is CCn1cc(C#N)c(=O)n(CC(=O)NCc2ccc(OC(F)F)cc2)c1=O. The zero-order valence-corrected chi connectivity index (χ0v) is 14.3. The number of halogens is 2. The number of hydrogen-bond acceptors (Lipinski definition) is 5. The molecule has 27 heavy (non-hydrogen) atoms. The number of amides is 1. The monoisotopic (exact) mass is 378 g/mol. The van der Waals surface area contributed by atoms with Gasteiger partial charge in [-0.15, -0.1) is 0 Å². The minimum atomic E-state index is -2.93. The molecule has 0 spiro atoms. The van der Waals surface area contributed by atoms with E-state index >= 15 is 0 Å². The third-order valence-corrected chi connectivity index (χ3v) is 3.64. The summed E-state index contributed by atoms with van der Waals surface area (Å²) in [6.45, 7) is -1.51. The van der Waals surface area contributed by atoms with E-state index in [1.165, 1.54) is 24.3 Å². The second-order valence-corrected chi connectivity index (χ2v) is 5.41. The lowest BCUT2D eigenvalue weighted by atomic mass is 10.2. The molecule has 0 aliphatic rings. The Morgan fingerprint density at radius 1 is 1.30 bits per heavy atom. The van der Waals surface area contributed by atoms with E-state index in [4.69, 9.17) is 5.26 Å². The quantitative estimate of drug-likeness (QED) is 0.768. The highest BCUT2D eigenvalue weighted by Crippen LogP contribution is 2.14. The number of carbonyl (C=O) groups is 1. The number of nitrogens with zero attached hydrogens (tertiary/aromatic N) is 3. The zero-order valence-electron chi connectivity index (χ0n) is 14.3. The number of aromatic nitrogens is 2. The van der Waals surface area contributed by atoms with Gasteiger partial charge in [0.25, 0.3) is 5.56 Å². The van der Waals surface area contributed by atoms with Crippen LogP contribution in [0.25, 0.3) is 0 Å². The topological polar surface area (TPSA) is 106 Å². The zero-order chi connectivity index (χ0) is 20.0. The molecule has 8 nitrogen and oxygen atoms in total. The summed E-state index contributed by atoms with van der Waals surface area (Å²) in [5.41, 5.74) is -1.16. The fourth-order valence-corrected chi connectivity index (χ4v) is 2.29. The van der Waals surface area contributed by atoms with Gasteiger partial charge >= 0.3 is 12.3 Å². The van der Waals surface area contributed by atoms with Gasteiger partial charge in [-0.2, -0.15) is 14.0 Å². The number of hydrogen-bond donors (Lipinski definition) is 1. The van der Waals surface area contributed by atoms with Crippen LogP contribution in [-0.2, 0) is 24.4 Å². The van der Waals surface area contributed by atoms with E-state index in [1.807, 2.05) is 0 Å². The standard InChI is InChI=1S/C17H16F2N4O4/c1-2-22-9-12(7-20)15(25)23(17(22)26)10-14(24)21-8-11-3-5-13(6-4-11)27-16(18)19/h3-6,9,16H,2,8,10H2,1H3,(H,21,24). The fraction of sp³-hybridized carbons (Fsp3) is 0.294. The second-order valence-electron chi connectivity index (χ2n) is 5.41. The van der Waals surface area contributed by atoms with Crippen molar-refractivity contribution in [2.45, 2.75) is 33.2 Å². The first-order valence-corrected chi connectivity index (χ1v) is 7.90. The number of benzene rings is 1. The van der Waals surface area contributed by atoms with Crippen LogP contribution in [-0.4, -0.2) is 21.7 Å². The van der Waals surface area contributed by atoms with E-state index in [0.29, 0.717) is 10.1 Å². The fourth-order valence-electron chi connectivity index (χ4n) is 2.29. The maximum atomic E-state index is 12.2. The van der Waals surface area contributed by atoms with E-state index in [0.717, 1.165) is 10.8 Å². The molecule has 0 unspecified atom stereocenters. The van der Waals surface area contributed by atoms with Crippen molar-refractivity contribution in [2.75, 3.05) is 0 Å². The molecule has 1 heterocycles. The third kappa shape index (κ3) is 5.01. The molecule has 0 aliphatic heterocycles. The lowest BCUT2D eigenvalue weighted by Crippen LogP contribution is -2.44. The van der Waals surface area contributed by atoms with Gasteiger partial charge in [0.2, 0.25) is 5.91 Å². The molecule has 1 aromatic heterocycles. The summed E-state index contributed by atoms with van der Waals surface area (Å²) in [4.78, 5) is 36.4. The van der Waals surface area contributed by atoms with Crippen LogP contribution in [0.1, 0.15) is 18.1 Å². The lowest BCUT2D eigenvalue weighted by molar-refractivity contribution is -0.121. The number of nitrogens with one attached hydrogen (secondary N) is 1. The molecular formula is C17H16F2N4O4. The molecule has 0 bridgehead atoms. The van der Waals surface area contributed by atoms with Gasteiger partial charge in [-0.3, -0.25) is 14.2 Å². The van der Waals surface area contributed by atoms with Crippen LogP contribution in [0.15, 0.2) is 40.1 Å². The number of alkyl halides is 2. The van der Waals surface area contributed by atoms with E-state index in [1.54, 1.807) is 13.0 Å². The number of rotatable bonds is 7. The van der Waals surface area contributed by atoms with Gasteiger partial charge in [0.15, 0.2) is 0 Å². The lowest BCUT2D eigenvalue weighted by Gasteiger charge is -2.10. The van der Waals surface area contributed by atoms with Crippen molar-refractivity contribution < 1.29 is 18.3 Å². The molecule has 1 N–H and O–H groups in total. The first kappa shape index (κ1) is 19.8. The number of nitriles is 1. The summed E-state index contributed by atoms with van der Waals surface area (Å²) in [5.74, 6) is -0.625. The Hall–Kier alpha value is -3.48. The Kier molecular flexibility index (Phi) is 6.43. The largest absolute Gasteiger partial charge is 0.435 e. The predicted octanol–water partition coefficient (Wildman–Crippen LogP) is 0.819. The smallest absolute Gasteiger partial charge is 0.387 e. The van der Waals surface area contributed by atoms with Crippen LogP contribution in [0.4, 0.5) is 8.78 Å². The Morgan fingerprint density at radius 2 is 1.96 bits per heavy atom. The highest BCUT2D eigenvalue weighted by molar-refractivity contribution is 5.75. The molecule has 1 aromatic carbocycles. The summed E-state index contributed by atoms with van der Waals surface area (Å²) in [5, 5.41) is 11.5. The first-order valence-electron chi connectivity index (χ1n) is 7.90. The molecule has 2 rings (SSSR count). The molecule has 0 saturated carbocycles. The van der Waals surface area contributed by atoms with Crippen molar-refractivity contribution in [3.05, 3.63) is 62.4 Å². The molecule has 1 amide bonds. The van der Waals surface area contributed by atoms with Crippen LogP contribution in [0, 0.1) is 11.3 Å². The first-order chi connectivity index (χ1) is 12.8. The molecule has 142 valence electrons. The van der Waals surface area contributed by atoms with Gasteiger partial charge < -0.3 is 10.1 Å². The third-order valence-electron chi connectivity index (χ3n) is 3.64. The van der Waals surface area contributed by atoms with Crippen LogP contribution in [0.2, 0.25) is 0 Å². The van der Waals surface area contributed by atoms with Gasteiger partial charge in [0, 0.05) is 19.3 Å². The molecular weight excluding hydrogens is 362 g/mol. The molecule has 0 atom stereocenters. The van der Waals surface area contributed by atoms with E-state index < -0.39 is 30.3 Å². The maximum absolute atomic E-state index is 12.2. The van der Waals surface area contributed by atoms with Gasteiger partial charge in [0.05, 0.1) is 0 Å². The summed E-state index contributed by atoms with van der Waals surface area (Å²) in [7, 11) is 0. The van der Waals surface area contributed by atoms with Crippen molar-refractivity contribution >= 4 is 5.91 Å². The number of aryl methyl sites for hydroxylation is 1. The average molecular weight is 378 g/mol. The summed E-state index contributed by atoms with van der Waals surface area (Å²) in [6.07, 6.45) is 1.15. The predicted molar refractivity (Wildman–Crippen MR) is 90.3 cm³/mol. The molecule has 0 radical (unpaired) electrons. The average Bonchev–Trinajstić information content (AvgIpc) is 2.64. The Labute approximate surface area is 152 Å². The second kappa shape index (κ2) is 8.75. The summed E-state index contributed by atoms with van der Waals surface area (Å²) < 4.78 is 30.3. The Morgan fingerprint density at radius 3 is 2.52 bits per heavy atom. The van der Waals surface area contributed by atoms with Crippen molar-refractivity contribution in [3.63, 3.8) is 0 Å². The molecule has 0 fully saturated rings. The van der Waals surface area contributed by atoms with Crippen LogP contribution < -0.4 is 21.3 Å². The minimum absolute atomic E-state index is 0.0138. The van der Waals surface area contributed by atoms with Crippen LogP contribution >= 0.6 is 0 Å². The highest BCUT2D eigenvalue weighted by Gasteiger charge is 2.13. The van der Waals surface area contributed by atoms with E-state index in [9.17, 15) is 23.2 Å². The Bertz CT molecular complexity index is 974. The van der Waals surface area contributed by atoms with Crippen molar-refractivity contribution in [1.29, 1.82) is 5.26 Å². The number of carbonyl (C=O) groups excluding carboxylic acids is 1. The normalized spacial score (nSPS) is 10.5. The molecule has 0 aliphatic carbocycles. The van der Waals surface area contributed by atoms with Gasteiger partial charge in [-0.05, 0) is 24.6 Å². The van der Waals surface area contributed by atoms with Gasteiger partial charge in [-0.1, -0.05) is 12.1 Å². The van der Waals surface area contributed by atoms with Gasteiger partial charge in [-0.25, -0.2) is 9.36 Å². The van der Waals surface area contributed by atoms with Crippen molar-refractivity contribution in [2.24, 2.45) is 0 Å². The highest BCUT2D eigenvalue weighted by atomic mass is 19.3.